The van der Waals surface area contributed by atoms with Crippen molar-refractivity contribution in [2.75, 3.05) is 24.5 Å². The summed E-state index contributed by atoms with van der Waals surface area (Å²) in [7, 11) is 0. The Hall–Kier alpha value is -2.61. The van der Waals surface area contributed by atoms with Crippen molar-refractivity contribution in [1.29, 1.82) is 0 Å². The number of hydrogen-bond acceptors (Lipinski definition) is 6. The molecule has 1 saturated heterocycles. The predicted molar refractivity (Wildman–Crippen MR) is 89.7 cm³/mol. The molecule has 3 heterocycles. The van der Waals surface area contributed by atoms with E-state index in [2.05, 4.69) is 20.3 Å². The summed E-state index contributed by atoms with van der Waals surface area (Å²) < 4.78 is 13.0. The first-order valence-corrected chi connectivity index (χ1v) is 8.12. The van der Waals surface area contributed by atoms with Gasteiger partial charge in [-0.3, -0.25) is 4.79 Å². The lowest BCUT2D eigenvalue weighted by Gasteiger charge is -2.39. The molecule has 0 bridgehead atoms. The average Bonchev–Trinajstić information content (AvgIpc) is 2.60. The van der Waals surface area contributed by atoms with Gasteiger partial charge in [0.05, 0.1) is 11.8 Å². The van der Waals surface area contributed by atoms with Crippen LogP contribution in [0.4, 0.5) is 10.2 Å². The largest absolute Gasteiger partial charge is 0.386 e. The molecule has 25 heavy (non-hydrogen) atoms. The van der Waals surface area contributed by atoms with Gasteiger partial charge in [-0.15, -0.1) is 0 Å². The Kier molecular flexibility index (Phi) is 4.89. The van der Waals surface area contributed by atoms with Crippen LogP contribution >= 0.6 is 0 Å². The maximum atomic E-state index is 13.0. The molecular weight excluding hydrogens is 325 g/mol. The fourth-order valence-electron chi connectivity index (χ4n) is 2.93. The number of pyridine rings is 1. The number of carbonyl (C=O) groups excluding carboxylic acids is 1. The minimum atomic E-state index is -1.08. The topological polar surface area (TPSA) is 91.2 Å². The number of nitrogens with one attached hydrogen (secondary N) is 1. The van der Waals surface area contributed by atoms with E-state index in [0.29, 0.717) is 24.6 Å². The Labute approximate surface area is 144 Å². The van der Waals surface area contributed by atoms with Crippen molar-refractivity contribution in [1.82, 2.24) is 20.3 Å². The summed E-state index contributed by atoms with van der Waals surface area (Å²) in [5, 5.41) is 13.5. The molecule has 1 aliphatic heterocycles. The first-order valence-electron chi connectivity index (χ1n) is 8.12. The number of aromatic nitrogens is 3. The first kappa shape index (κ1) is 17.2. The van der Waals surface area contributed by atoms with E-state index in [0.717, 1.165) is 19.2 Å². The van der Waals surface area contributed by atoms with Crippen LogP contribution in [0.5, 0.6) is 0 Å². The highest BCUT2D eigenvalue weighted by Gasteiger charge is 2.34. The standard InChI is InChI=1S/C17H20FN5O2/c1-12-19-7-5-14(22-12)16(24)21-10-17(25)6-2-8-23(11-17)15-4-3-13(18)9-20-15/h3-5,7,9,25H,2,6,8,10-11H2,1H3,(H,21,24)/t17-/m1/s1. The van der Waals surface area contributed by atoms with Gasteiger partial charge >= 0.3 is 0 Å². The minimum absolute atomic E-state index is 0.104. The van der Waals surface area contributed by atoms with Gasteiger partial charge in [-0.05, 0) is 38.0 Å². The molecule has 1 aliphatic rings. The van der Waals surface area contributed by atoms with Crippen molar-refractivity contribution in [2.24, 2.45) is 0 Å². The minimum Gasteiger partial charge on any atom is -0.386 e. The molecule has 1 amide bonds. The number of halogens is 1. The van der Waals surface area contributed by atoms with E-state index < -0.39 is 11.4 Å². The lowest BCUT2D eigenvalue weighted by atomic mass is 9.92. The van der Waals surface area contributed by atoms with E-state index in [9.17, 15) is 14.3 Å². The van der Waals surface area contributed by atoms with E-state index in [1.165, 1.54) is 18.3 Å². The van der Waals surface area contributed by atoms with Gasteiger partial charge in [-0.2, -0.15) is 0 Å². The lowest BCUT2D eigenvalue weighted by Crippen LogP contribution is -2.54. The molecule has 2 N–H and O–H groups in total. The third-order valence-corrected chi connectivity index (χ3v) is 4.18. The number of amides is 1. The monoisotopic (exact) mass is 345 g/mol. The Morgan fingerprint density at radius 2 is 2.24 bits per heavy atom. The third-order valence-electron chi connectivity index (χ3n) is 4.18. The number of hydrogen-bond donors (Lipinski definition) is 2. The molecule has 0 aliphatic carbocycles. The Morgan fingerprint density at radius 1 is 1.40 bits per heavy atom. The van der Waals surface area contributed by atoms with Crippen LogP contribution in [0.1, 0.15) is 29.2 Å². The quantitative estimate of drug-likeness (QED) is 0.862. The second kappa shape index (κ2) is 7.10. The lowest BCUT2D eigenvalue weighted by molar-refractivity contribution is 0.0253. The zero-order valence-electron chi connectivity index (χ0n) is 13.9. The molecule has 3 rings (SSSR count). The molecular formula is C17H20FN5O2. The fourth-order valence-corrected chi connectivity index (χ4v) is 2.93. The Morgan fingerprint density at radius 3 is 2.96 bits per heavy atom. The molecule has 2 aromatic rings. The molecule has 0 aromatic carbocycles. The summed E-state index contributed by atoms with van der Waals surface area (Å²) >= 11 is 0. The normalized spacial score (nSPS) is 20.4. The van der Waals surface area contributed by atoms with Crippen LogP contribution in [-0.4, -0.2) is 51.2 Å². The fraction of sp³-hybridized carbons (Fsp3) is 0.412. The Bertz CT molecular complexity index is 755. The van der Waals surface area contributed by atoms with Gasteiger partial charge in [0.15, 0.2) is 0 Å². The van der Waals surface area contributed by atoms with Crippen LogP contribution in [-0.2, 0) is 0 Å². The van der Waals surface area contributed by atoms with Crippen molar-refractivity contribution < 1.29 is 14.3 Å². The average molecular weight is 345 g/mol. The summed E-state index contributed by atoms with van der Waals surface area (Å²) in [6.45, 7) is 2.85. The number of aliphatic hydroxyl groups is 1. The summed E-state index contributed by atoms with van der Waals surface area (Å²) in [5.74, 6) is 0.370. The molecule has 1 fully saturated rings. The van der Waals surface area contributed by atoms with Crippen molar-refractivity contribution in [2.45, 2.75) is 25.4 Å². The van der Waals surface area contributed by atoms with Gasteiger partial charge in [0.1, 0.15) is 23.2 Å². The number of β-amino-alcohol motifs (C(OH)–C–C–N with tert-alkyl or cyclic N) is 1. The van der Waals surface area contributed by atoms with Crippen LogP contribution < -0.4 is 10.2 Å². The van der Waals surface area contributed by atoms with E-state index in [4.69, 9.17) is 0 Å². The second-order valence-electron chi connectivity index (χ2n) is 6.26. The zero-order chi connectivity index (χ0) is 17.9. The van der Waals surface area contributed by atoms with Gasteiger partial charge in [0.25, 0.3) is 5.91 Å². The van der Waals surface area contributed by atoms with Gasteiger partial charge in [0, 0.05) is 25.8 Å². The number of piperidine rings is 1. The van der Waals surface area contributed by atoms with Crippen molar-refractivity contribution in [3.8, 4) is 0 Å². The van der Waals surface area contributed by atoms with Crippen LogP contribution in [0.2, 0.25) is 0 Å². The highest BCUT2D eigenvalue weighted by molar-refractivity contribution is 5.92. The van der Waals surface area contributed by atoms with Crippen molar-refractivity contribution >= 4 is 11.7 Å². The molecule has 132 valence electrons. The zero-order valence-corrected chi connectivity index (χ0v) is 13.9. The van der Waals surface area contributed by atoms with E-state index in [1.54, 1.807) is 13.0 Å². The molecule has 0 radical (unpaired) electrons. The van der Waals surface area contributed by atoms with Crippen LogP contribution in [0, 0.1) is 12.7 Å². The van der Waals surface area contributed by atoms with E-state index in [1.807, 2.05) is 4.90 Å². The summed E-state index contributed by atoms with van der Waals surface area (Å²) in [6, 6.07) is 4.46. The molecule has 2 aromatic heterocycles. The molecule has 0 spiro atoms. The molecule has 0 saturated carbocycles. The van der Waals surface area contributed by atoms with Crippen molar-refractivity contribution in [3.63, 3.8) is 0 Å². The van der Waals surface area contributed by atoms with Gasteiger partial charge < -0.3 is 15.3 Å². The number of anilines is 1. The summed E-state index contributed by atoms with van der Waals surface area (Å²) in [5.41, 5.74) is -0.810. The van der Waals surface area contributed by atoms with Gasteiger partial charge in [-0.25, -0.2) is 19.3 Å². The Balaban J connectivity index is 1.63. The van der Waals surface area contributed by atoms with Crippen LogP contribution in [0.3, 0.4) is 0 Å². The highest BCUT2D eigenvalue weighted by atomic mass is 19.1. The molecule has 0 unspecified atom stereocenters. The second-order valence-corrected chi connectivity index (χ2v) is 6.26. The van der Waals surface area contributed by atoms with Gasteiger partial charge in [0.2, 0.25) is 0 Å². The highest BCUT2D eigenvalue weighted by Crippen LogP contribution is 2.24. The van der Waals surface area contributed by atoms with Crippen LogP contribution in [0.25, 0.3) is 0 Å². The predicted octanol–water partition coefficient (Wildman–Crippen LogP) is 1.08. The summed E-state index contributed by atoms with van der Waals surface area (Å²) in [4.78, 5) is 26.2. The molecule has 7 nitrogen and oxygen atoms in total. The maximum Gasteiger partial charge on any atom is 0.270 e. The third kappa shape index (κ3) is 4.27. The first-order chi connectivity index (χ1) is 12.0. The number of nitrogens with zero attached hydrogens (tertiary/aromatic N) is 4. The smallest absolute Gasteiger partial charge is 0.270 e. The number of carbonyl (C=O) groups is 1. The van der Waals surface area contributed by atoms with E-state index in [-0.39, 0.29) is 18.1 Å². The van der Waals surface area contributed by atoms with E-state index >= 15 is 0 Å². The summed E-state index contributed by atoms with van der Waals surface area (Å²) in [6.07, 6.45) is 3.99. The van der Waals surface area contributed by atoms with Gasteiger partial charge in [-0.1, -0.05) is 0 Å². The SMILES string of the molecule is Cc1nccc(C(=O)NC[C@]2(O)CCCN(c3ccc(F)cn3)C2)n1. The van der Waals surface area contributed by atoms with Crippen molar-refractivity contribution in [3.05, 3.63) is 47.9 Å². The maximum absolute atomic E-state index is 13.0. The number of rotatable bonds is 4. The van der Waals surface area contributed by atoms with Crippen LogP contribution in [0.15, 0.2) is 30.6 Å². The number of aryl methyl sites for hydroxylation is 1. The molecule has 8 heteroatoms. The molecule has 1 atom stereocenters.